The van der Waals surface area contributed by atoms with E-state index in [9.17, 15) is 4.57 Å². The molecule has 80 valence electrons. The zero-order valence-electron chi connectivity index (χ0n) is 7.45. The third-order valence-electron chi connectivity index (χ3n) is 1.09. The van der Waals surface area contributed by atoms with Gasteiger partial charge in [0.1, 0.15) is 0 Å². The normalized spacial score (nSPS) is 15.1. The predicted octanol–water partition coefficient (Wildman–Crippen LogP) is 0.389. The molecule has 0 aliphatic rings. The molecule has 0 aromatic heterocycles. The molecule has 0 rings (SSSR count). The van der Waals surface area contributed by atoms with E-state index in [4.69, 9.17) is 19.6 Å². The zero-order chi connectivity index (χ0) is 11.1. The van der Waals surface area contributed by atoms with Crippen LogP contribution in [-0.4, -0.2) is 29.6 Å². The highest BCUT2D eigenvalue weighted by atomic mass is 32.5. The van der Waals surface area contributed by atoms with E-state index < -0.39 is 19.9 Å². The molecular formula is C4H13NO5P2S. The molecule has 0 spiro atoms. The molecule has 0 saturated heterocycles. The summed E-state index contributed by atoms with van der Waals surface area (Å²) in [4.78, 5) is 35.8. The van der Waals surface area contributed by atoms with Crippen LogP contribution in [0.3, 0.4) is 0 Å². The Morgan fingerprint density at radius 2 is 1.46 bits per heavy atom. The molecule has 4 N–H and O–H groups in total. The molecule has 0 heterocycles. The van der Waals surface area contributed by atoms with E-state index in [-0.39, 0.29) is 4.44 Å². The van der Waals surface area contributed by atoms with E-state index in [1.54, 1.807) is 0 Å². The number of hydrogen-bond donors (Lipinski definition) is 4. The first-order valence-electron chi connectivity index (χ1n) is 3.29. The van der Waals surface area contributed by atoms with E-state index in [0.29, 0.717) is 0 Å². The van der Waals surface area contributed by atoms with Gasteiger partial charge in [0.25, 0.3) is 6.64 Å². The molecule has 0 aliphatic heterocycles. The van der Waals surface area contributed by atoms with Crippen molar-refractivity contribution in [3.8, 4) is 0 Å². The second kappa shape index (κ2) is 3.68. The van der Waals surface area contributed by atoms with Gasteiger partial charge in [0.2, 0.25) is 0 Å². The molecule has 0 fully saturated rings. The summed E-state index contributed by atoms with van der Waals surface area (Å²) in [7, 11) is -4.74. The number of hydrogen-bond acceptors (Lipinski definition) is 2. The van der Waals surface area contributed by atoms with Crippen LogP contribution >= 0.6 is 14.4 Å². The van der Waals surface area contributed by atoms with Crippen LogP contribution < -0.4 is 0 Å². The topological polar surface area (TPSA) is 101 Å². The van der Waals surface area contributed by atoms with Crippen LogP contribution in [0.4, 0.5) is 0 Å². The van der Waals surface area contributed by atoms with Gasteiger partial charge >= 0.3 is 7.75 Å². The van der Waals surface area contributed by atoms with Crippen LogP contribution in [0.15, 0.2) is 0 Å². The standard InChI is InChI=1S/C4H13NO5P2S/c1-4(2,3)5(11(6,7)8)12(9,10)13/h1-3H3,(H2,6,7,8)(H2,9,10,13). The first-order chi connectivity index (χ1) is 5.37. The summed E-state index contributed by atoms with van der Waals surface area (Å²) in [5.41, 5.74) is -1.10. The van der Waals surface area contributed by atoms with Crippen LogP contribution in [0, 0.1) is 0 Å². The Hall–Kier alpha value is 0.680. The summed E-state index contributed by atoms with van der Waals surface area (Å²) in [6.45, 7) is 0.175. The maximum Gasteiger partial charge on any atom is 0.411 e. The number of rotatable bonds is 2. The summed E-state index contributed by atoms with van der Waals surface area (Å²) in [6, 6.07) is 0. The fraction of sp³-hybridized carbons (Fsp3) is 1.00. The zero-order valence-corrected chi connectivity index (χ0v) is 10.1. The second-order valence-corrected chi connectivity index (χ2v) is 8.13. The van der Waals surface area contributed by atoms with Crippen molar-refractivity contribution in [3.63, 3.8) is 0 Å². The highest BCUT2D eigenvalue weighted by Gasteiger charge is 2.44. The van der Waals surface area contributed by atoms with Gasteiger partial charge in [0.05, 0.1) is 0 Å². The van der Waals surface area contributed by atoms with Crippen molar-refractivity contribution >= 4 is 26.2 Å². The average Bonchev–Trinajstić information content (AvgIpc) is 1.44. The minimum absolute atomic E-state index is 0.266. The van der Waals surface area contributed by atoms with E-state index in [1.165, 1.54) is 20.8 Å². The van der Waals surface area contributed by atoms with Gasteiger partial charge in [0, 0.05) is 5.54 Å². The molecule has 0 bridgehead atoms. The summed E-state index contributed by atoms with van der Waals surface area (Å²) in [6.07, 6.45) is 0. The largest absolute Gasteiger partial charge is 0.411 e. The molecule has 0 unspecified atom stereocenters. The lowest BCUT2D eigenvalue weighted by molar-refractivity contribution is 0.235. The Balaban J connectivity index is 5.28. The molecular weight excluding hydrogens is 236 g/mol. The summed E-state index contributed by atoms with van der Waals surface area (Å²) in [5.74, 6) is 0. The van der Waals surface area contributed by atoms with Gasteiger partial charge < -0.3 is 19.6 Å². The minimum atomic E-state index is -4.74. The van der Waals surface area contributed by atoms with Gasteiger partial charge in [-0.3, -0.25) is 0 Å². The van der Waals surface area contributed by atoms with Gasteiger partial charge in [-0.05, 0) is 32.6 Å². The summed E-state index contributed by atoms with van der Waals surface area (Å²) < 4.78 is 11.2. The lowest BCUT2D eigenvalue weighted by atomic mass is 10.1. The van der Waals surface area contributed by atoms with Gasteiger partial charge in [-0.25, -0.2) is 4.57 Å². The van der Waals surface area contributed by atoms with Crippen LogP contribution in [0.25, 0.3) is 0 Å². The van der Waals surface area contributed by atoms with Crippen molar-refractivity contribution in [2.45, 2.75) is 26.3 Å². The first kappa shape index (κ1) is 13.7. The van der Waals surface area contributed by atoms with Crippen LogP contribution in [0.5, 0.6) is 0 Å². The fourth-order valence-corrected chi connectivity index (χ4v) is 5.30. The minimum Gasteiger partial charge on any atom is -0.333 e. The summed E-state index contributed by atoms with van der Waals surface area (Å²) >= 11 is 4.26. The lowest BCUT2D eigenvalue weighted by Crippen LogP contribution is -2.35. The molecule has 0 amide bonds. The van der Waals surface area contributed by atoms with Crippen molar-refractivity contribution < 1.29 is 24.1 Å². The highest BCUT2D eigenvalue weighted by Crippen LogP contribution is 2.61. The molecule has 0 saturated carbocycles. The van der Waals surface area contributed by atoms with Crippen molar-refractivity contribution in [2.75, 3.05) is 0 Å². The maximum atomic E-state index is 10.9. The highest BCUT2D eigenvalue weighted by molar-refractivity contribution is 8.09. The lowest BCUT2D eigenvalue weighted by Gasteiger charge is -2.36. The predicted molar refractivity (Wildman–Crippen MR) is 52.4 cm³/mol. The molecule has 0 radical (unpaired) electrons. The van der Waals surface area contributed by atoms with Crippen molar-refractivity contribution in [2.24, 2.45) is 0 Å². The second-order valence-electron chi connectivity index (χ2n) is 3.49. The Bertz CT molecular complexity index is 253. The van der Waals surface area contributed by atoms with Crippen molar-refractivity contribution in [3.05, 3.63) is 0 Å². The SMILES string of the molecule is CC(C)(C)N(P(=O)(O)O)P(O)(O)=S. The Kier molecular flexibility index (Phi) is 3.87. The van der Waals surface area contributed by atoms with E-state index in [0.717, 1.165) is 0 Å². The quantitative estimate of drug-likeness (QED) is 0.525. The Morgan fingerprint density at radius 1 is 1.15 bits per heavy atom. The first-order valence-corrected chi connectivity index (χ1v) is 7.51. The summed E-state index contributed by atoms with van der Waals surface area (Å²) in [5, 5.41) is 0. The maximum absolute atomic E-state index is 10.9. The monoisotopic (exact) mass is 249 g/mol. The molecule has 13 heavy (non-hydrogen) atoms. The van der Waals surface area contributed by atoms with E-state index in [1.807, 2.05) is 0 Å². The molecule has 6 nitrogen and oxygen atoms in total. The van der Waals surface area contributed by atoms with Crippen LogP contribution in [0.1, 0.15) is 20.8 Å². The Morgan fingerprint density at radius 3 is 1.46 bits per heavy atom. The smallest absolute Gasteiger partial charge is 0.333 e. The van der Waals surface area contributed by atoms with Gasteiger partial charge in [-0.1, -0.05) is 0 Å². The fourth-order valence-electron chi connectivity index (χ4n) is 0.933. The molecule has 0 aromatic carbocycles. The third kappa shape index (κ3) is 4.14. The van der Waals surface area contributed by atoms with Gasteiger partial charge in [0.15, 0.2) is 0 Å². The van der Waals surface area contributed by atoms with Crippen molar-refractivity contribution in [1.29, 1.82) is 0 Å². The van der Waals surface area contributed by atoms with E-state index >= 15 is 0 Å². The van der Waals surface area contributed by atoms with Gasteiger partial charge in [-0.2, -0.15) is 0 Å². The van der Waals surface area contributed by atoms with Crippen LogP contribution in [0.2, 0.25) is 0 Å². The molecule has 0 aromatic rings. The average molecular weight is 249 g/mol. The van der Waals surface area contributed by atoms with Crippen molar-refractivity contribution in [1.82, 2.24) is 4.44 Å². The Labute approximate surface area is 81.6 Å². The number of nitrogens with zero attached hydrogens (tertiary/aromatic N) is 1. The molecule has 0 aliphatic carbocycles. The third-order valence-corrected chi connectivity index (χ3v) is 5.58. The van der Waals surface area contributed by atoms with E-state index in [2.05, 4.69) is 11.8 Å². The van der Waals surface area contributed by atoms with Gasteiger partial charge in [-0.15, -0.1) is 4.44 Å². The molecule has 0 atom stereocenters. The van der Waals surface area contributed by atoms with Crippen LogP contribution in [-0.2, 0) is 16.4 Å². The molecule has 9 heteroatoms.